The van der Waals surface area contributed by atoms with Crippen LogP contribution in [-0.4, -0.2) is 21.4 Å². The summed E-state index contributed by atoms with van der Waals surface area (Å²) in [4.78, 5) is 12.0. The minimum Gasteiger partial charge on any atom is -0.326 e. The van der Waals surface area contributed by atoms with Crippen molar-refractivity contribution in [1.29, 1.82) is 0 Å². The molecule has 0 saturated carbocycles. The summed E-state index contributed by atoms with van der Waals surface area (Å²) in [5.41, 5.74) is 0.604. The number of amides is 1. The third-order valence-corrected chi connectivity index (χ3v) is 4.71. The second-order valence-corrected chi connectivity index (χ2v) is 6.64. The van der Waals surface area contributed by atoms with Crippen molar-refractivity contribution in [3.63, 3.8) is 0 Å². The first-order valence-electron chi connectivity index (χ1n) is 6.51. The summed E-state index contributed by atoms with van der Waals surface area (Å²) < 4.78 is 25.4. The number of rotatable bonds is 5. The third kappa shape index (κ3) is 3.68. The molecule has 1 aliphatic carbocycles. The van der Waals surface area contributed by atoms with E-state index in [-0.39, 0.29) is 10.8 Å². The lowest BCUT2D eigenvalue weighted by atomic mass is 10.1. The molecule has 0 fully saturated rings. The molecular weight excluding hydrogens is 276 g/mol. The van der Waals surface area contributed by atoms with Crippen LogP contribution < -0.4 is 10.0 Å². The fourth-order valence-electron chi connectivity index (χ4n) is 2.15. The zero-order valence-electron chi connectivity index (χ0n) is 11.3. The highest BCUT2D eigenvalue weighted by Crippen LogP contribution is 2.21. The number of benzene rings is 1. The van der Waals surface area contributed by atoms with E-state index in [0.29, 0.717) is 18.0 Å². The van der Waals surface area contributed by atoms with Crippen molar-refractivity contribution < 1.29 is 13.2 Å². The van der Waals surface area contributed by atoms with Crippen molar-refractivity contribution in [2.45, 2.75) is 24.2 Å². The zero-order chi connectivity index (χ0) is 14.6. The van der Waals surface area contributed by atoms with E-state index in [1.165, 1.54) is 19.2 Å². The van der Waals surface area contributed by atoms with E-state index in [9.17, 15) is 13.2 Å². The highest BCUT2D eigenvalue weighted by atomic mass is 32.2. The topological polar surface area (TPSA) is 75.3 Å². The maximum Gasteiger partial charge on any atom is 0.240 e. The predicted octanol–water partition coefficient (Wildman–Crippen LogP) is 1.89. The van der Waals surface area contributed by atoms with Gasteiger partial charge in [-0.3, -0.25) is 4.79 Å². The molecule has 0 unspecified atom stereocenters. The Morgan fingerprint density at radius 3 is 2.55 bits per heavy atom. The molecule has 5 nitrogen and oxygen atoms in total. The maximum atomic E-state index is 11.8. The number of sulfonamides is 1. The summed E-state index contributed by atoms with van der Waals surface area (Å²) in [5, 5.41) is 2.78. The van der Waals surface area contributed by atoms with Crippen molar-refractivity contribution in [2.24, 2.45) is 5.92 Å². The molecule has 6 heteroatoms. The number of nitrogens with one attached hydrogen (secondary N) is 2. The fourth-order valence-corrected chi connectivity index (χ4v) is 2.88. The van der Waals surface area contributed by atoms with Crippen LogP contribution in [-0.2, 0) is 14.8 Å². The summed E-state index contributed by atoms with van der Waals surface area (Å²) in [5.74, 6) is 0.268. The first-order valence-corrected chi connectivity index (χ1v) is 8.00. The van der Waals surface area contributed by atoms with Crippen molar-refractivity contribution in [1.82, 2.24) is 4.72 Å². The molecule has 0 aromatic heterocycles. The molecule has 0 spiro atoms. The lowest BCUT2D eigenvalue weighted by Crippen LogP contribution is -2.18. The van der Waals surface area contributed by atoms with Gasteiger partial charge < -0.3 is 5.32 Å². The van der Waals surface area contributed by atoms with Gasteiger partial charge in [0, 0.05) is 12.1 Å². The Bertz CT molecular complexity index is 606. The quantitative estimate of drug-likeness (QED) is 0.814. The first kappa shape index (κ1) is 14.7. The van der Waals surface area contributed by atoms with Gasteiger partial charge in [0.2, 0.25) is 15.9 Å². The number of hydrogen-bond donors (Lipinski definition) is 2. The van der Waals surface area contributed by atoms with Crippen LogP contribution in [0.15, 0.2) is 41.3 Å². The highest BCUT2D eigenvalue weighted by Gasteiger charge is 2.15. The molecule has 1 atom stereocenters. The number of hydrogen-bond acceptors (Lipinski definition) is 3. The van der Waals surface area contributed by atoms with Gasteiger partial charge in [0.1, 0.15) is 0 Å². The molecule has 1 aromatic carbocycles. The van der Waals surface area contributed by atoms with Crippen LogP contribution in [0.3, 0.4) is 0 Å². The number of carbonyl (C=O) groups excluding carboxylic acids is 1. The minimum absolute atomic E-state index is 0.0502. The van der Waals surface area contributed by atoms with Crippen molar-refractivity contribution in [3.05, 3.63) is 36.4 Å². The molecule has 0 aliphatic heterocycles. The molecule has 0 radical (unpaired) electrons. The predicted molar refractivity (Wildman–Crippen MR) is 77.8 cm³/mol. The molecule has 20 heavy (non-hydrogen) atoms. The van der Waals surface area contributed by atoms with Gasteiger partial charge in [0.15, 0.2) is 0 Å². The smallest absolute Gasteiger partial charge is 0.240 e. The zero-order valence-corrected chi connectivity index (χ0v) is 12.1. The van der Waals surface area contributed by atoms with Crippen LogP contribution in [0.2, 0.25) is 0 Å². The van der Waals surface area contributed by atoms with Crippen molar-refractivity contribution >= 4 is 21.6 Å². The van der Waals surface area contributed by atoms with Crippen molar-refractivity contribution in [3.8, 4) is 0 Å². The molecule has 2 rings (SSSR count). The van der Waals surface area contributed by atoms with E-state index in [1.807, 2.05) is 0 Å². The Balaban J connectivity index is 1.96. The average Bonchev–Trinajstić information content (AvgIpc) is 2.92. The van der Waals surface area contributed by atoms with E-state index in [4.69, 9.17) is 0 Å². The van der Waals surface area contributed by atoms with Crippen LogP contribution in [0.1, 0.15) is 19.3 Å². The van der Waals surface area contributed by atoms with Gasteiger partial charge in [-0.2, -0.15) is 0 Å². The largest absolute Gasteiger partial charge is 0.326 e. The van der Waals surface area contributed by atoms with Gasteiger partial charge in [0.05, 0.1) is 4.90 Å². The summed E-state index contributed by atoms with van der Waals surface area (Å²) in [6, 6.07) is 6.12. The second-order valence-electron chi connectivity index (χ2n) is 4.75. The van der Waals surface area contributed by atoms with E-state index in [2.05, 4.69) is 22.2 Å². The molecular formula is C14H18N2O3S. The Labute approximate surface area is 119 Å². The summed E-state index contributed by atoms with van der Waals surface area (Å²) in [6.45, 7) is 0. The third-order valence-electron chi connectivity index (χ3n) is 3.28. The Hall–Kier alpha value is -1.66. The lowest BCUT2D eigenvalue weighted by Gasteiger charge is -2.09. The molecule has 1 aromatic rings. The molecule has 0 bridgehead atoms. The average molecular weight is 294 g/mol. The summed E-state index contributed by atoms with van der Waals surface area (Å²) >= 11 is 0. The molecule has 1 aliphatic rings. The standard InChI is InChI=1S/C14H18N2O3S/c1-15-20(18,19)13-8-6-12(7-9-13)16-14(17)10-11-4-2-3-5-11/h2,4,6-9,11,15H,3,5,10H2,1H3,(H,16,17)/t11-/m0/s1. The Morgan fingerprint density at radius 1 is 1.30 bits per heavy atom. The molecule has 108 valence electrons. The SMILES string of the molecule is CNS(=O)(=O)c1ccc(NC(=O)C[C@H]2C=CCC2)cc1. The fraction of sp³-hybridized carbons (Fsp3) is 0.357. The summed E-state index contributed by atoms with van der Waals surface area (Å²) in [6.07, 6.45) is 6.69. The van der Waals surface area contributed by atoms with E-state index in [0.717, 1.165) is 12.8 Å². The van der Waals surface area contributed by atoms with Gasteiger partial charge in [-0.1, -0.05) is 12.2 Å². The number of allylic oxidation sites excluding steroid dienone is 2. The minimum atomic E-state index is -3.43. The van der Waals surface area contributed by atoms with Crippen LogP contribution in [0.5, 0.6) is 0 Å². The normalized spacial score (nSPS) is 18.1. The highest BCUT2D eigenvalue weighted by molar-refractivity contribution is 7.89. The monoisotopic (exact) mass is 294 g/mol. The Kier molecular flexibility index (Phi) is 4.57. The first-order chi connectivity index (χ1) is 9.51. The van der Waals surface area contributed by atoms with Gasteiger partial charge in [-0.15, -0.1) is 0 Å². The van der Waals surface area contributed by atoms with E-state index in [1.54, 1.807) is 12.1 Å². The van der Waals surface area contributed by atoms with E-state index < -0.39 is 10.0 Å². The number of carbonyl (C=O) groups is 1. The van der Waals surface area contributed by atoms with Gasteiger partial charge in [-0.05, 0) is 50.1 Å². The van der Waals surface area contributed by atoms with Gasteiger partial charge >= 0.3 is 0 Å². The van der Waals surface area contributed by atoms with E-state index >= 15 is 0 Å². The lowest BCUT2D eigenvalue weighted by molar-refractivity contribution is -0.116. The van der Waals surface area contributed by atoms with Crippen LogP contribution in [0.4, 0.5) is 5.69 Å². The second kappa shape index (κ2) is 6.19. The molecule has 0 saturated heterocycles. The Morgan fingerprint density at radius 2 is 2.00 bits per heavy atom. The molecule has 2 N–H and O–H groups in total. The van der Waals surface area contributed by atoms with Gasteiger partial charge in [0.25, 0.3) is 0 Å². The van der Waals surface area contributed by atoms with Gasteiger partial charge in [-0.25, -0.2) is 13.1 Å². The van der Waals surface area contributed by atoms with Crippen LogP contribution in [0, 0.1) is 5.92 Å². The number of anilines is 1. The van der Waals surface area contributed by atoms with Crippen molar-refractivity contribution in [2.75, 3.05) is 12.4 Å². The van der Waals surface area contributed by atoms with Crippen LogP contribution >= 0.6 is 0 Å². The molecule has 0 heterocycles. The maximum absolute atomic E-state index is 11.8. The molecule has 1 amide bonds. The summed E-state index contributed by atoms with van der Waals surface area (Å²) in [7, 11) is -2.07. The van der Waals surface area contributed by atoms with Crippen LogP contribution in [0.25, 0.3) is 0 Å².